The number of pyridine rings is 2. The number of hydrogen-bond acceptors (Lipinski definition) is 4. The molecule has 0 unspecified atom stereocenters. The summed E-state index contributed by atoms with van der Waals surface area (Å²) in [6.45, 7) is 0.827. The van der Waals surface area contributed by atoms with E-state index >= 15 is 0 Å². The summed E-state index contributed by atoms with van der Waals surface area (Å²) in [6, 6.07) is 42.6. The molecule has 0 aliphatic carbocycles. The molecule has 0 atom stereocenters. The Morgan fingerprint density at radius 2 is 1.52 bits per heavy atom. The molecular formula is C44H34N6. The van der Waals surface area contributed by atoms with Gasteiger partial charge in [-0.05, 0) is 78.0 Å². The smallest absolute Gasteiger partial charge is 0.0706 e. The highest BCUT2D eigenvalue weighted by Crippen LogP contribution is 2.34. The molecule has 4 aromatic carbocycles. The largest absolute Gasteiger partial charge is 0.404 e. The van der Waals surface area contributed by atoms with Crippen molar-refractivity contribution in [3.63, 3.8) is 0 Å². The predicted molar refractivity (Wildman–Crippen MR) is 206 cm³/mol. The fourth-order valence-electron chi connectivity index (χ4n) is 7.27. The van der Waals surface area contributed by atoms with Crippen LogP contribution in [0.5, 0.6) is 0 Å². The lowest BCUT2D eigenvalue weighted by Gasteiger charge is -2.13. The normalized spacial score (nSPS) is 13.0. The Morgan fingerprint density at radius 1 is 0.740 bits per heavy atom. The molecule has 6 heteroatoms. The van der Waals surface area contributed by atoms with Crippen molar-refractivity contribution in [2.75, 3.05) is 0 Å². The number of rotatable bonds is 7. The molecule has 8 aromatic rings. The molecule has 4 aromatic heterocycles. The molecule has 5 heterocycles. The number of allylic oxidation sites excluding steroid dienone is 3. The molecule has 9 rings (SSSR count). The fourth-order valence-corrected chi connectivity index (χ4v) is 7.27. The molecule has 6 nitrogen and oxygen atoms in total. The second-order valence-electron chi connectivity index (χ2n) is 12.5. The summed E-state index contributed by atoms with van der Waals surface area (Å²) in [6.07, 6.45) is 14.6. The van der Waals surface area contributed by atoms with E-state index in [0.717, 1.165) is 62.4 Å². The molecule has 50 heavy (non-hydrogen) atoms. The van der Waals surface area contributed by atoms with Crippen LogP contribution in [0, 0.1) is 0 Å². The number of hydrogen-bond donors (Lipinski definition) is 2. The number of nitrogens with two attached hydrogens (primary N) is 1. The highest BCUT2D eigenvalue weighted by atomic mass is 15.0. The van der Waals surface area contributed by atoms with E-state index in [1.165, 1.54) is 27.5 Å². The second kappa shape index (κ2) is 12.4. The summed E-state index contributed by atoms with van der Waals surface area (Å²) in [7, 11) is 0. The van der Waals surface area contributed by atoms with Gasteiger partial charge in [0.1, 0.15) is 0 Å². The molecule has 0 bridgehead atoms. The quantitative estimate of drug-likeness (QED) is 0.169. The first-order valence-electron chi connectivity index (χ1n) is 16.9. The van der Waals surface area contributed by atoms with E-state index in [1.807, 2.05) is 18.6 Å². The zero-order valence-electron chi connectivity index (χ0n) is 27.4. The molecule has 0 spiro atoms. The zero-order valence-corrected chi connectivity index (χ0v) is 27.4. The Labute approximate surface area is 290 Å². The van der Waals surface area contributed by atoms with E-state index in [4.69, 9.17) is 10.7 Å². The lowest BCUT2D eigenvalue weighted by atomic mass is 10.0. The minimum absolute atomic E-state index is 0.685. The second-order valence-corrected chi connectivity index (χ2v) is 12.5. The van der Waals surface area contributed by atoms with Gasteiger partial charge in [-0.15, -0.1) is 0 Å². The summed E-state index contributed by atoms with van der Waals surface area (Å²) in [5.41, 5.74) is 19.4. The topological polar surface area (TPSA) is 73.7 Å². The van der Waals surface area contributed by atoms with Crippen molar-refractivity contribution >= 4 is 44.4 Å². The standard InChI is InChI=1S/C44H34N6/c45-27-32(30-18-20-34(21-19-30)49-41-16-3-1-13-36(41)38-28-46-24-22-43(38)49)9-5-10-33-11-7-15-40(48-33)31-8-6-12-35(26-31)50-42-17-4-2-14-37(42)39-29-47-25-23-44(39)50/h1-9,11-27,29,46H,10,28,45H2/b9-5-,32-27+. The lowest BCUT2D eigenvalue weighted by Crippen LogP contribution is -2.10. The van der Waals surface area contributed by atoms with Gasteiger partial charge < -0.3 is 20.2 Å². The summed E-state index contributed by atoms with van der Waals surface area (Å²) >= 11 is 0. The van der Waals surface area contributed by atoms with Crippen molar-refractivity contribution < 1.29 is 0 Å². The number of para-hydroxylation sites is 2. The van der Waals surface area contributed by atoms with Crippen LogP contribution in [-0.4, -0.2) is 19.1 Å². The maximum absolute atomic E-state index is 6.15. The van der Waals surface area contributed by atoms with Gasteiger partial charge in [-0.25, -0.2) is 0 Å². The molecule has 0 saturated heterocycles. The lowest BCUT2D eigenvalue weighted by molar-refractivity contribution is 0.855. The summed E-state index contributed by atoms with van der Waals surface area (Å²) in [4.78, 5) is 9.45. The van der Waals surface area contributed by atoms with Gasteiger partial charge in [0.2, 0.25) is 0 Å². The summed E-state index contributed by atoms with van der Waals surface area (Å²) < 4.78 is 4.64. The number of aromatic nitrogens is 4. The average Bonchev–Trinajstić information content (AvgIpc) is 3.70. The Balaban J connectivity index is 0.957. The van der Waals surface area contributed by atoms with Crippen molar-refractivity contribution in [3.8, 4) is 22.6 Å². The Kier molecular flexibility index (Phi) is 7.32. The van der Waals surface area contributed by atoms with Gasteiger partial charge in [-0.1, -0.05) is 78.9 Å². The van der Waals surface area contributed by atoms with E-state index in [9.17, 15) is 0 Å². The van der Waals surface area contributed by atoms with Gasteiger partial charge in [0.05, 0.1) is 27.9 Å². The van der Waals surface area contributed by atoms with Gasteiger partial charge >= 0.3 is 0 Å². The van der Waals surface area contributed by atoms with Crippen molar-refractivity contribution in [2.45, 2.75) is 13.0 Å². The minimum atomic E-state index is 0.685. The highest BCUT2D eigenvalue weighted by molar-refractivity contribution is 6.08. The number of benzene rings is 4. The van der Waals surface area contributed by atoms with Crippen LogP contribution in [0.25, 0.3) is 67.0 Å². The molecule has 1 aliphatic heterocycles. The van der Waals surface area contributed by atoms with Gasteiger partial charge in [0.15, 0.2) is 0 Å². The van der Waals surface area contributed by atoms with Gasteiger partial charge in [-0.3, -0.25) is 9.97 Å². The van der Waals surface area contributed by atoms with E-state index in [2.05, 4.69) is 159 Å². The van der Waals surface area contributed by atoms with E-state index in [1.54, 1.807) is 6.20 Å². The van der Waals surface area contributed by atoms with Crippen molar-refractivity contribution in [1.82, 2.24) is 24.4 Å². The van der Waals surface area contributed by atoms with Crippen LogP contribution >= 0.6 is 0 Å². The van der Waals surface area contributed by atoms with Crippen LogP contribution in [0.4, 0.5) is 0 Å². The van der Waals surface area contributed by atoms with Gasteiger partial charge in [0, 0.05) is 75.9 Å². The molecule has 0 amide bonds. The Bertz CT molecular complexity index is 2580. The van der Waals surface area contributed by atoms with Crippen LogP contribution in [0.2, 0.25) is 0 Å². The maximum Gasteiger partial charge on any atom is 0.0706 e. The van der Waals surface area contributed by atoms with Crippen LogP contribution in [0.15, 0.2) is 158 Å². The van der Waals surface area contributed by atoms with Crippen LogP contribution < -0.4 is 11.1 Å². The Hall–Kier alpha value is -6.66. The number of nitrogens with zero attached hydrogens (tertiary/aromatic N) is 4. The minimum Gasteiger partial charge on any atom is -0.404 e. The van der Waals surface area contributed by atoms with E-state index in [-0.39, 0.29) is 0 Å². The van der Waals surface area contributed by atoms with Crippen LogP contribution in [-0.2, 0) is 13.0 Å². The fraction of sp³-hybridized carbons (Fsp3) is 0.0455. The van der Waals surface area contributed by atoms with Crippen molar-refractivity contribution in [2.24, 2.45) is 5.73 Å². The monoisotopic (exact) mass is 646 g/mol. The summed E-state index contributed by atoms with van der Waals surface area (Å²) in [5.74, 6) is 0. The zero-order chi connectivity index (χ0) is 33.4. The Morgan fingerprint density at radius 3 is 2.38 bits per heavy atom. The molecular weight excluding hydrogens is 613 g/mol. The molecule has 240 valence electrons. The van der Waals surface area contributed by atoms with Crippen LogP contribution in [0.3, 0.4) is 0 Å². The third-order valence-corrected chi connectivity index (χ3v) is 9.60. The van der Waals surface area contributed by atoms with E-state index in [0.29, 0.717) is 6.42 Å². The molecule has 0 fully saturated rings. The summed E-state index contributed by atoms with van der Waals surface area (Å²) in [5, 5.41) is 6.97. The molecule has 0 saturated carbocycles. The number of nitrogens with one attached hydrogen (secondary N) is 1. The van der Waals surface area contributed by atoms with Gasteiger partial charge in [-0.2, -0.15) is 0 Å². The van der Waals surface area contributed by atoms with Crippen molar-refractivity contribution in [3.05, 3.63) is 181 Å². The molecule has 0 radical (unpaired) electrons. The van der Waals surface area contributed by atoms with Crippen LogP contribution in [0.1, 0.15) is 22.5 Å². The number of fused-ring (bicyclic) bond motifs is 6. The molecule has 3 N–H and O–H groups in total. The van der Waals surface area contributed by atoms with Crippen molar-refractivity contribution in [1.29, 1.82) is 0 Å². The first-order valence-corrected chi connectivity index (χ1v) is 16.9. The maximum atomic E-state index is 6.15. The average molecular weight is 647 g/mol. The third kappa shape index (κ3) is 5.06. The predicted octanol–water partition coefficient (Wildman–Crippen LogP) is 9.36. The third-order valence-electron chi connectivity index (χ3n) is 9.60. The molecule has 1 aliphatic rings. The van der Waals surface area contributed by atoms with Gasteiger partial charge in [0.25, 0.3) is 0 Å². The first kappa shape index (κ1) is 29.5. The SMILES string of the molecule is N/C=C(\C=C/Cc1cccc(-c2cccc(-n3c4ccccc4c4cnccc43)c2)n1)c1ccc(-n2c3c(c4ccccc42)CNC=C3)cc1. The highest BCUT2D eigenvalue weighted by Gasteiger charge is 2.18. The first-order chi connectivity index (χ1) is 24.8. The van der Waals surface area contributed by atoms with E-state index < -0.39 is 0 Å².